The quantitative estimate of drug-likeness (QED) is 0.372. The zero-order valence-electron chi connectivity index (χ0n) is 20.9. The van der Waals surface area contributed by atoms with Gasteiger partial charge < -0.3 is 25.7 Å². The number of aliphatic hydroxyl groups is 4. The molecule has 33 heavy (non-hydrogen) atoms. The summed E-state index contributed by atoms with van der Waals surface area (Å²) in [6.07, 6.45) is 7.15. The molecule has 4 fully saturated rings. The number of carbonyl (C=O) groups is 1. The van der Waals surface area contributed by atoms with Crippen LogP contribution in [0.3, 0.4) is 0 Å². The number of hydrogen-bond acceptors (Lipinski definition) is 5. The average Bonchev–Trinajstić information content (AvgIpc) is 3.13. The first kappa shape index (κ1) is 25.4. The Morgan fingerprint density at radius 1 is 1.06 bits per heavy atom. The maximum atomic E-state index is 12.2. The lowest BCUT2D eigenvalue weighted by molar-refractivity contribution is -0.207. The van der Waals surface area contributed by atoms with Crippen LogP contribution in [-0.2, 0) is 4.79 Å². The van der Waals surface area contributed by atoms with Crippen LogP contribution >= 0.6 is 0 Å². The molecule has 0 radical (unpaired) electrons. The van der Waals surface area contributed by atoms with E-state index in [4.69, 9.17) is 5.11 Å². The van der Waals surface area contributed by atoms with E-state index in [-0.39, 0.29) is 47.6 Å². The van der Waals surface area contributed by atoms with Crippen molar-refractivity contribution in [2.75, 3.05) is 13.2 Å². The van der Waals surface area contributed by atoms with E-state index in [2.05, 4.69) is 26.1 Å². The molecular formula is C27H47NO5. The minimum atomic E-state index is -0.383. The summed E-state index contributed by atoms with van der Waals surface area (Å²) in [4.78, 5) is 12.2. The third kappa shape index (κ3) is 4.39. The van der Waals surface area contributed by atoms with Crippen molar-refractivity contribution >= 4 is 5.91 Å². The third-order valence-corrected chi connectivity index (χ3v) is 11.0. The largest absolute Gasteiger partial charge is 0.396 e. The van der Waals surface area contributed by atoms with Gasteiger partial charge in [0, 0.05) is 19.6 Å². The van der Waals surface area contributed by atoms with Gasteiger partial charge in [0.2, 0.25) is 5.91 Å². The van der Waals surface area contributed by atoms with Crippen LogP contribution in [0.25, 0.3) is 0 Å². The second kappa shape index (κ2) is 9.75. The topological polar surface area (TPSA) is 110 Å². The Balaban J connectivity index is 1.47. The van der Waals surface area contributed by atoms with Gasteiger partial charge in [-0.2, -0.15) is 0 Å². The van der Waals surface area contributed by atoms with E-state index >= 15 is 0 Å². The molecule has 0 saturated heterocycles. The van der Waals surface area contributed by atoms with E-state index in [1.807, 2.05) is 0 Å². The van der Waals surface area contributed by atoms with Crippen molar-refractivity contribution in [2.45, 2.75) is 103 Å². The average molecular weight is 466 g/mol. The Hall–Kier alpha value is -0.690. The SMILES string of the molecule is C[C@H](CCC(=O)NCCCO)[C@H]1CC[C@H]2[C@@H]3[C@H](O)C[C@@H]4C[C@H](O)CC[C@]4(C)[C@H]3C[C@H](O)[C@]12C. The molecule has 4 aliphatic rings. The van der Waals surface area contributed by atoms with Crippen LogP contribution < -0.4 is 5.32 Å². The summed E-state index contributed by atoms with van der Waals surface area (Å²) in [5.74, 6) is 1.94. The molecule has 190 valence electrons. The van der Waals surface area contributed by atoms with Crippen LogP contribution in [0.2, 0.25) is 0 Å². The molecule has 5 N–H and O–H groups in total. The highest BCUT2D eigenvalue weighted by molar-refractivity contribution is 5.75. The first-order valence-corrected chi connectivity index (χ1v) is 13.5. The molecule has 1 amide bonds. The van der Waals surface area contributed by atoms with Gasteiger partial charge in [-0.25, -0.2) is 0 Å². The molecular weight excluding hydrogens is 418 g/mol. The molecule has 6 nitrogen and oxygen atoms in total. The first-order valence-electron chi connectivity index (χ1n) is 13.5. The van der Waals surface area contributed by atoms with E-state index in [1.54, 1.807) is 0 Å². The summed E-state index contributed by atoms with van der Waals surface area (Å²) >= 11 is 0. The van der Waals surface area contributed by atoms with E-state index in [1.165, 1.54) is 0 Å². The summed E-state index contributed by atoms with van der Waals surface area (Å²) in [6.45, 7) is 7.47. The van der Waals surface area contributed by atoms with E-state index in [0.717, 1.165) is 51.4 Å². The van der Waals surface area contributed by atoms with Crippen molar-refractivity contribution in [1.82, 2.24) is 5.32 Å². The second-order valence-electron chi connectivity index (χ2n) is 12.5. The zero-order valence-corrected chi connectivity index (χ0v) is 20.9. The number of fused-ring (bicyclic) bond motifs is 5. The molecule has 0 spiro atoms. The molecule has 4 saturated carbocycles. The number of nitrogens with one attached hydrogen (secondary N) is 1. The Morgan fingerprint density at radius 3 is 2.55 bits per heavy atom. The minimum absolute atomic E-state index is 0.0420. The fourth-order valence-corrected chi connectivity index (χ4v) is 9.09. The smallest absolute Gasteiger partial charge is 0.220 e. The fraction of sp³-hybridized carbons (Fsp3) is 0.963. The molecule has 0 aromatic heterocycles. The van der Waals surface area contributed by atoms with Gasteiger partial charge in [0.15, 0.2) is 0 Å². The van der Waals surface area contributed by atoms with Gasteiger partial charge >= 0.3 is 0 Å². The third-order valence-electron chi connectivity index (χ3n) is 11.0. The predicted octanol–water partition coefficient (Wildman–Crippen LogP) is 2.86. The van der Waals surface area contributed by atoms with Crippen molar-refractivity contribution in [2.24, 2.45) is 46.3 Å². The maximum Gasteiger partial charge on any atom is 0.220 e. The van der Waals surface area contributed by atoms with Gasteiger partial charge in [0.1, 0.15) is 0 Å². The summed E-state index contributed by atoms with van der Waals surface area (Å²) in [6, 6.07) is 0. The van der Waals surface area contributed by atoms with Gasteiger partial charge in [0.05, 0.1) is 18.3 Å². The molecule has 0 aromatic carbocycles. The minimum Gasteiger partial charge on any atom is -0.396 e. The van der Waals surface area contributed by atoms with Crippen LogP contribution in [-0.4, -0.2) is 57.8 Å². The highest BCUT2D eigenvalue weighted by atomic mass is 16.3. The highest BCUT2D eigenvalue weighted by Gasteiger charge is 2.65. The van der Waals surface area contributed by atoms with Gasteiger partial charge in [-0.3, -0.25) is 4.79 Å². The lowest BCUT2D eigenvalue weighted by Crippen LogP contribution is -2.62. The van der Waals surface area contributed by atoms with Gasteiger partial charge in [-0.1, -0.05) is 20.8 Å². The Labute approximate surface area is 199 Å². The Morgan fingerprint density at radius 2 is 1.82 bits per heavy atom. The normalized spacial score (nSPS) is 47.8. The summed E-state index contributed by atoms with van der Waals surface area (Å²) in [7, 11) is 0. The zero-order chi connectivity index (χ0) is 24.0. The molecule has 4 rings (SSSR count). The number of amides is 1. The Bertz CT molecular complexity index is 702. The van der Waals surface area contributed by atoms with E-state index in [0.29, 0.717) is 49.0 Å². The number of rotatable bonds is 7. The second-order valence-corrected chi connectivity index (χ2v) is 12.5. The van der Waals surface area contributed by atoms with Gasteiger partial charge in [0.25, 0.3) is 0 Å². The molecule has 0 heterocycles. The van der Waals surface area contributed by atoms with Crippen molar-refractivity contribution < 1.29 is 25.2 Å². The standard InChI is InChI=1S/C27H47NO5/c1-16(5-8-24(33)28-11-4-12-29)19-6-7-20-25-21(15-23(32)27(19,20)3)26(2)10-9-18(30)13-17(26)14-22(25)31/h16-23,25,29-32H,4-15H2,1-3H3,(H,28,33)/t16-,17+,18-,19-,20+,21+,22-,23+,25+,26+,27-/m1/s1. The number of aliphatic hydroxyl groups excluding tert-OH is 4. The Kier molecular flexibility index (Phi) is 7.51. The number of hydrogen-bond donors (Lipinski definition) is 5. The highest BCUT2D eigenvalue weighted by Crippen LogP contribution is 2.68. The van der Waals surface area contributed by atoms with Crippen molar-refractivity contribution in [3.63, 3.8) is 0 Å². The molecule has 4 aliphatic carbocycles. The van der Waals surface area contributed by atoms with Gasteiger partial charge in [-0.05, 0) is 104 Å². The lowest BCUT2D eigenvalue weighted by Gasteiger charge is -2.63. The molecule has 0 aromatic rings. The van der Waals surface area contributed by atoms with Crippen molar-refractivity contribution in [3.8, 4) is 0 Å². The van der Waals surface area contributed by atoms with Crippen LogP contribution in [0, 0.1) is 46.3 Å². The molecule has 6 heteroatoms. The number of carbonyl (C=O) groups excluding carboxylic acids is 1. The van der Waals surface area contributed by atoms with Crippen LogP contribution in [0.5, 0.6) is 0 Å². The summed E-state index contributed by atoms with van der Waals surface area (Å²) < 4.78 is 0. The van der Waals surface area contributed by atoms with E-state index in [9.17, 15) is 20.1 Å². The van der Waals surface area contributed by atoms with Crippen molar-refractivity contribution in [3.05, 3.63) is 0 Å². The predicted molar refractivity (Wildman–Crippen MR) is 127 cm³/mol. The molecule has 0 bridgehead atoms. The van der Waals surface area contributed by atoms with Crippen LogP contribution in [0.4, 0.5) is 0 Å². The summed E-state index contributed by atoms with van der Waals surface area (Å²) in [5, 5.41) is 45.0. The van der Waals surface area contributed by atoms with Crippen molar-refractivity contribution in [1.29, 1.82) is 0 Å². The summed E-state index contributed by atoms with van der Waals surface area (Å²) in [5.41, 5.74) is -0.117. The van der Waals surface area contributed by atoms with Crippen LogP contribution in [0.1, 0.15) is 85.0 Å². The maximum absolute atomic E-state index is 12.2. The van der Waals surface area contributed by atoms with Crippen LogP contribution in [0.15, 0.2) is 0 Å². The molecule has 0 aliphatic heterocycles. The lowest BCUT2D eigenvalue weighted by atomic mass is 9.43. The monoisotopic (exact) mass is 465 g/mol. The van der Waals surface area contributed by atoms with E-state index < -0.39 is 0 Å². The fourth-order valence-electron chi connectivity index (χ4n) is 9.09. The van der Waals surface area contributed by atoms with Gasteiger partial charge in [-0.15, -0.1) is 0 Å². The molecule has 0 unspecified atom stereocenters. The molecule has 11 atom stereocenters. The first-order chi connectivity index (χ1) is 15.6.